The SMILES string of the molecule is NC(N)=NCC1CCC(CC2CCCCC2)CC1. The summed E-state index contributed by atoms with van der Waals surface area (Å²) in [6.07, 6.45) is 14.4. The lowest BCUT2D eigenvalue weighted by molar-refractivity contribution is 0.214. The van der Waals surface area contributed by atoms with Gasteiger partial charge in [-0.05, 0) is 37.0 Å². The zero-order valence-corrected chi connectivity index (χ0v) is 11.6. The van der Waals surface area contributed by atoms with E-state index >= 15 is 0 Å². The van der Waals surface area contributed by atoms with E-state index in [1.54, 1.807) is 0 Å². The van der Waals surface area contributed by atoms with Crippen molar-refractivity contribution in [1.29, 1.82) is 0 Å². The molecule has 2 fully saturated rings. The molecule has 3 nitrogen and oxygen atoms in total. The Morgan fingerprint density at radius 1 is 0.778 bits per heavy atom. The predicted molar refractivity (Wildman–Crippen MR) is 77.3 cm³/mol. The molecule has 3 heteroatoms. The summed E-state index contributed by atoms with van der Waals surface area (Å²) in [6.45, 7) is 0.846. The first-order valence-electron chi connectivity index (χ1n) is 7.79. The highest BCUT2D eigenvalue weighted by Gasteiger charge is 2.24. The fourth-order valence-electron chi connectivity index (χ4n) is 3.78. The van der Waals surface area contributed by atoms with Crippen molar-refractivity contribution in [3.05, 3.63) is 0 Å². The van der Waals surface area contributed by atoms with E-state index in [0.29, 0.717) is 0 Å². The molecular weight excluding hydrogens is 222 g/mol. The van der Waals surface area contributed by atoms with Gasteiger partial charge >= 0.3 is 0 Å². The molecule has 0 atom stereocenters. The lowest BCUT2D eigenvalue weighted by Crippen LogP contribution is -2.25. The van der Waals surface area contributed by atoms with Gasteiger partial charge in [0.25, 0.3) is 0 Å². The molecule has 2 aliphatic carbocycles. The second kappa shape index (κ2) is 7.01. The average Bonchev–Trinajstić information content (AvgIpc) is 2.39. The van der Waals surface area contributed by atoms with Crippen molar-refractivity contribution in [3.8, 4) is 0 Å². The van der Waals surface area contributed by atoms with Crippen LogP contribution in [0.2, 0.25) is 0 Å². The van der Waals surface area contributed by atoms with Crippen molar-refractivity contribution in [2.75, 3.05) is 6.54 Å². The van der Waals surface area contributed by atoms with Gasteiger partial charge in [0.05, 0.1) is 0 Å². The third-order valence-electron chi connectivity index (χ3n) is 4.89. The van der Waals surface area contributed by atoms with Crippen LogP contribution in [0.3, 0.4) is 0 Å². The van der Waals surface area contributed by atoms with Crippen molar-refractivity contribution in [2.45, 2.75) is 64.2 Å². The molecule has 4 N–H and O–H groups in total. The van der Waals surface area contributed by atoms with Crippen LogP contribution in [-0.2, 0) is 0 Å². The van der Waals surface area contributed by atoms with Crippen LogP contribution >= 0.6 is 0 Å². The lowest BCUT2D eigenvalue weighted by atomic mass is 9.75. The third kappa shape index (κ3) is 4.51. The molecule has 0 unspecified atom stereocenters. The van der Waals surface area contributed by atoms with Crippen LogP contribution in [0.1, 0.15) is 64.2 Å². The molecule has 0 radical (unpaired) electrons. The van der Waals surface area contributed by atoms with Crippen LogP contribution in [0.25, 0.3) is 0 Å². The van der Waals surface area contributed by atoms with Crippen molar-refractivity contribution >= 4 is 5.96 Å². The van der Waals surface area contributed by atoms with Crippen LogP contribution in [-0.4, -0.2) is 12.5 Å². The number of hydrogen-bond acceptors (Lipinski definition) is 1. The highest BCUT2D eigenvalue weighted by molar-refractivity contribution is 5.75. The minimum atomic E-state index is 0.249. The maximum Gasteiger partial charge on any atom is 0.185 e. The predicted octanol–water partition coefficient (Wildman–Crippen LogP) is 3.04. The summed E-state index contributed by atoms with van der Waals surface area (Å²) >= 11 is 0. The second-order valence-electron chi connectivity index (χ2n) is 6.39. The van der Waals surface area contributed by atoms with Crippen LogP contribution in [0.4, 0.5) is 0 Å². The summed E-state index contributed by atoms with van der Waals surface area (Å²) in [7, 11) is 0. The quantitative estimate of drug-likeness (QED) is 0.596. The van der Waals surface area contributed by atoms with Gasteiger partial charge in [-0.15, -0.1) is 0 Å². The van der Waals surface area contributed by atoms with Crippen molar-refractivity contribution in [1.82, 2.24) is 0 Å². The number of nitrogens with two attached hydrogens (primary N) is 2. The highest BCUT2D eigenvalue weighted by Crippen LogP contribution is 2.36. The fourth-order valence-corrected chi connectivity index (χ4v) is 3.78. The van der Waals surface area contributed by atoms with E-state index in [0.717, 1.165) is 24.3 Å². The fraction of sp³-hybridized carbons (Fsp3) is 0.933. The van der Waals surface area contributed by atoms with E-state index in [2.05, 4.69) is 4.99 Å². The molecule has 0 aromatic rings. The van der Waals surface area contributed by atoms with E-state index in [1.165, 1.54) is 64.2 Å². The molecule has 2 saturated carbocycles. The largest absolute Gasteiger partial charge is 0.370 e. The molecule has 2 aliphatic rings. The van der Waals surface area contributed by atoms with Crippen LogP contribution in [0, 0.1) is 17.8 Å². The smallest absolute Gasteiger partial charge is 0.185 e. The Balaban J connectivity index is 1.65. The number of nitrogens with zero attached hydrogens (tertiary/aromatic N) is 1. The van der Waals surface area contributed by atoms with Gasteiger partial charge in [0, 0.05) is 6.54 Å². The minimum absolute atomic E-state index is 0.249. The molecule has 0 aromatic heterocycles. The van der Waals surface area contributed by atoms with E-state index in [-0.39, 0.29) is 5.96 Å². The Bertz CT molecular complexity index is 257. The summed E-state index contributed by atoms with van der Waals surface area (Å²) in [4.78, 5) is 4.16. The van der Waals surface area contributed by atoms with Gasteiger partial charge in [-0.25, -0.2) is 0 Å². The summed E-state index contributed by atoms with van der Waals surface area (Å²) in [5, 5.41) is 0. The normalized spacial score (nSPS) is 30.0. The summed E-state index contributed by atoms with van der Waals surface area (Å²) in [6, 6.07) is 0. The Morgan fingerprint density at radius 3 is 1.94 bits per heavy atom. The zero-order valence-electron chi connectivity index (χ0n) is 11.6. The van der Waals surface area contributed by atoms with Crippen LogP contribution < -0.4 is 11.5 Å². The number of rotatable bonds is 4. The minimum Gasteiger partial charge on any atom is -0.370 e. The van der Waals surface area contributed by atoms with Gasteiger partial charge in [0.1, 0.15) is 0 Å². The van der Waals surface area contributed by atoms with Crippen molar-refractivity contribution < 1.29 is 0 Å². The topological polar surface area (TPSA) is 64.4 Å². The second-order valence-corrected chi connectivity index (χ2v) is 6.39. The molecule has 0 amide bonds. The molecular formula is C15H29N3. The number of aliphatic imine (C=N–C) groups is 1. The maximum atomic E-state index is 5.39. The van der Waals surface area contributed by atoms with Gasteiger partial charge in [0.2, 0.25) is 0 Å². The van der Waals surface area contributed by atoms with Gasteiger partial charge in [-0.1, -0.05) is 44.9 Å². The number of guanidine groups is 1. The van der Waals surface area contributed by atoms with Crippen LogP contribution in [0.5, 0.6) is 0 Å². The van der Waals surface area contributed by atoms with Gasteiger partial charge in [-0.3, -0.25) is 4.99 Å². The lowest BCUT2D eigenvalue weighted by Gasteiger charge is -2.31. The number of hydrogen-bond donors (Lipinski definition) is 2. The molecule has 0 bridgehead atoms. The Kier molecular flexibility index (Phi) is 5.33. The molecule has 0 spiro atoms. The molecule has 0 saturated heterocycles. The summed E-state index contributed by atoms with van der Waals surface area (Å²) in [5.41, 5.74) is 10.8. The van der Waals surface area contributed by atoms with E-state index < -0.39 is 0 Å². The van der Waals surface area contributed by atoms with E-state index in [4.69, 9.17) is 11.5 Å². The maximum absolute atomic E-state index is 5.39. The Hall–Kier alpha value is -0.730. The highest BCUT2D eigenvalue weighted by atomic mass is 15.0. The zero-order chi connectivity index (χ0) is 12.8. The summed E-state index contributed by atoms with van der Waals surface area (Å²) < 4.78 is 0. The monoisotopic (exact) mass is 251 g/mol. The van der Waals surface area contributed by atoms with Gasteiger partial charge in [-0.2, -0.15) is 0 Å². The Labute approximate surface area is 111 Å². The molecule has 18 heavy (non-hydrogen) atoms. The average molecular weight is 251 g/mol. The standard InChI is InChI=1S/C15H29N3/c16-15(17)18-11-14-8-6-13(7-9-14)10-12-4-2-1-3-5-12/h12-14H,1-11H2,(H4,16,17,18). The summed E-state index contributed by atoms with van der Waals surface area (Å²) in [5.74, 6) is 3.01. The first-order chi connectivity index (χ1) is 8.74. The van der Waals surface area contributed by atoms with E-state index in [1.807, 2.05) is 0 Å². The first kappa shape index (κ1) is 13.7. The van der Waals surface area contributed by atoms with E-state index in [9.17, 15) is 0 Å². The van der Waals surface area contributed by atoms with Gasteiger partial charge < -0.3 is 11.5 Å². The van der Waals surface area contributed by atoms with Gasteiger partial charge in [0.15, 0.2) is 5.96 Å². The first-order valence-corrected chi connectivity index (χ1v) is 7.79. The molecule has 0 heterocycles. The molecule has 104 valence electrons. The molecule has 2 rings (SSSR count). The third-order valence-corrected chi connectivity index (χ3v) is 4.89. The van der Waals surface area contributed by atoms with Crippen molar-refractivity contribution in [2.24, 2.45) is 34.2 Å². The van der Waals surface area contributed by atoms with Crippen LogP contribution in [0.15, 0.2) is 4.99 Å². The van der Waals surface area contributed by atoms with Crippen molar-refractivity contribution in [3.63, 3.8) is 0 Å². The molecule has 0 aromatic carbocycles. The Morgan fingerprint density at radius 2 is 1.33 bits per heavy atom. The molecule has 0 aliphatic heterocycles.